The summed E-state index contributed by atoms with van der Waals surface area (Å²) in [6, 6.07) is 11.7. The smallest absolute Gasteiger partial charge is 0.387 e. The molecule has 4 rings (SSSR count). The van der Waals surface area contributed by atoms with Crippen molar-refractivity contribution in [2.24, 2.45) is 5.11 Å². The highest BCUT2D eigenvalue weighted by atomic mass is 79.9. The van der Waals surface area contributed by atoms with E-state index < -0.39 is 50.3 Å². The van der Waals surface area contributed by atoms with Gasteiger partial charge in [-0.3, -0.25) is 4.79 Å². The van der Waals surface area contributed by atoms with Crippen LogP contribution in [0.3, 0.4) is 0 Å². The first-order chi connectivity index (χ1) is 16.3. The molecule has 15 heteroatoms. The van der Waals surface area contributed by atoms with E-state index in [9.17, 15) is 24.4 Å². The molecular weight excluding hydrogens is 537 g/mol. The van der Waals surface area contributed by atoms with Gasteiger partial charge in [-0.25, -0.2) is 13.9 Å². The maximum atomic E-state index is 12.5. The van der Waals surface area contributed by atoms with Crippen LogP contribution in [0.2, 0.25) is 0 Å². The van der Waals surface area contributed by atoms with Crippen molar-refractivity contribution in [1.82, 2.24) is 9.55 Å². The fraction of sp³-hybridized carbons (Fsp3) is 0.263. The van der Waals surface area contributed by atoms with E-state index in [4.69, 9.17) is 19.3 Å². The lowest BCUT2D eigenvalue weighted by atomic mass is 10.1. The molecule has 176 valence electrons. The largest absolute Gasteiger partial charge is 0.750 e. The Hall–Kier alpha value is -3.09. The second-order valence-electron chi connectivity index (χ2n) is 7.16. The molecule has 1 saturated heterocycles. The molecule has 0 spiro atoms. The van der Waals surface area contributed by atoms with Gasteiger partial charge in [0.1, 0.15) is 18.8 Å². The lowest BCUT2D eigenvalue weighted by molar-refractivity contribution is -0.121. The van der Waals surface area contributed by atoms with Gasteiger partial charge in [0.05, 0.1) is 4.47 Å². The second kappa shape index (κ2) is 9.65. The van der Waals surface area contributed by atoms with E-state index in [1.807, 2.05) is 24.3 Å². The average Bonchev–Trinajstić information content (AvgIpc) is 3.05. The standard InChI is InChI=1S/C19H15BrN5O8P/c20-14-11-4-2-1-3-10(11)5-6-12(14)33-34(30)31-9-19(23-24-21)16(28)15(27)17(32-19)25-13(26)7-8-22-18(25)29/h1-8,15-17,27-28H,9H2/p+1/t15-,16+,17-,19-/m1/s1. The Kier molecular flexibility index (Phi) is 6.82. The third kappa shape index (κ3) is 4.36. The summed E-state index contributed by atoms with van der Waals surface area (Å²) in [5.74, 6) is 0.200. The highest BCUT2D eigenvalue weighted by Crippen LogP contribution is 2.42. The zero-order valence-corrected chi connectivity index (χ0v) is 19.5. The number of aliphatic hydroxyl groups excluding tert-OH is 2. The number of H-pyrrole nitrogens is 1. The van der Waals surface area contributed by atoms with E-state index in [1.54, 1.807) is 12.1 Å². The average molecular weight is 553 g/mol. The predicted octanol–water partition coefficient (Wildman–Crippen LogP) is 2.46. The summed E-state index contributed by atoms with van der Waals surface area (Å²) in [5.41, 5.74) is 4.90. The van der Waals surface area contributed by atoms with Crippen LogP contribution in [0.5, 0.6) is 5.75 Å². The number of aromatic amines is 1. The summed E-state index contributed by atoms with van der Waals surface area (Å²) in [6.07, 6.45) is -4.41. The molecule has 0 amide bonds. The summed E-state index contributed by atoms with van der Waals surface area (Å²) < 4.78 is 29.5. The van der Waals surface area contributed by atoms with Crippen molar-refractivity contribution in [3.63, 3.8) is 0 Å². The molecule has 5 atom stereocenters. The Morgan fingerprint density at radius 2 is 2.03 bits per heavy atom. The van der Waals surface area contributed by atoms with Crippen molar-refractivity contribution < 1.29 is 28.6 Å². The number of aliphatic hydroxyl groups is 2. The minimum Gasteiger partial charge on any atom is -0.387 e. The van der Waals surface area contributed by atoms with Crippen LogP contribution in [0, 0.1) is 0 Å². The van der Waals surface area contributed by atoms with E-state index in [1.165, 1.54) is 0 Å². The summed E-state index contributed by atoms with van der Waals surface area (Å²) >= 11 is 3.39. The van der Waals surface area contributed by atoms with Gasteiger partial charge in [-0.1, -0.05) is 35.4 Å². The number of hydrogen-bond donors (Lipinski definition) is 3. The Morgan fingerprint density at radius 1 is 1.26 bits per heavy atom. The number of nitrogens with one attached hydrogen (secondary N) is 1. The molecule has 2 heterocycles. The number of fused-ring (bicyclic) bond motifs is 1. The van der Waals surface area contributed by atoms with Gasteiger partial charge in [-0.05, 0) is 38.3 Å². The molecule has 3 aromatic rings. The molecule has 0 bridgehead atoms. The number of aromatic nitrogens is 2. The molecule has 0 saturated carbocycles. The third-order valence-electron chi connectivity index (χ3n) is 5.14. The number of halogens is 1. The van der Waals surface area contributed by atoms with E-state index >= 15 is 0 Å². The van der Waals surface area contributed by atoms with Crippen LogP contribution < -0.4 is 15.8 Å². The van der Waals surface area contributed by atoms with Gasteiger partial charge in [-0.2, -0.15) is 0 Å². The van der Waals surface area contributed by atoms with Gasteiger partial charge in [0, 0.05) is 21.7 Å². The molecule has 3 N–H and O–H groups in total. The van der Waals surface area contributed by atoms with Crippen LogP contribution in [-0.4, -0.2) is 44.3 Å². The molecular formula is C19H16BrN5O8P+. The fourth-order valence-electron chi connectivity index (χ4n) is 3.49. The lowest BCUT2D eigenvalue weighted by Crippen LogP contribution is -2.44. The maximum absolute atomic E-state index is 12.5. The zero-order valence-electron chi connectivity index (χ0n) is 17.0. The molecule has 1 aromatic heterocycles. The predicted molar refractivity (Wildman–Crippen MR) is 121 cm³/mol. The Bertz CT molecular complexity index is 1400. The van der Waals surface area contributed by atoms with Crippen molar-refractivity contribution >= 4 is 35.0 Å². The van der Waals surface area contributed by atoms with Crippen LogP contribution in [-0.2, 0) is 13.8 Å². The van der Waals surface area contributed by atoms with E-state index in [0.717, 1.165) is 23.0 Å². The molecule has 1 aliphatic rings. The number of azide groups is 1. The van der Waals surface area contributed by atoms with Gasteiger partial charge in [0.15, 0.2) is 6.23 Å². The molecule has 1 aliphatic heterocycles. The molecule has 1 unspecified atom stereocenters. The first kappa shape index (κ1) is 24.0. The first-order valence-corrected chi connectivity index (χ1v) is 11.5. The Morgan fingerprint density at radius 3 is 2.76 bits per heavy atom. The number of rotatable bonds is 7. The van der Waals surface area contributed by atoms with Crippen LogP contribution in [0.25, 0.3) is 21.2 Å². The van der Waals surface area contributed by atoms with Crippen molar-refractivity contribution in [1.29, 1.82) is 0 Å². The van der Waals surface area contributed by atoms with Crippen LogP contribution in [0.1, 0.15) is 6.23 Å². The van der Waals surface area contributed by atoms with Gasteiger partial charge in [0.2, 0.25) is 11.5 Å². The number of nitrogens with zero attached hydrogens (tertiary/aromatic N) is 4. The molecule has 13 nitrogen and oxygen atoms in total. The van der Waals surface area contributed by atoms with E-state index in [-0.39, 0.29) is 5.75 Å². The van der Waals surface area contributed by atoms with E-state index in [2.05, 4.69) is 30.9 Å². The molecule has 0 aliphatic carbocycles. The molecule has 0 radical (unpaired) electrons. The van der Waals surface area contributed by atoms with Gasteiger partial charge >= 0.3 is 13.9 Å². The van der Waals surface area contributed by atoms with Gasteiger partial charge < -0.3 is 19.9 Å². The Balaban J connectivity index is 1.55. The first-order valence-electron chi connectivity index (χ1n) is 9.63. The monoisotopic (exact) mass is 552 g/mol. The molecule has 34 heavy (non-hydrogen) atoms. The fourth-order valence-corrected chi connectivity index (χ4v) is 4.85. The van der Waals surface area contributed by atoms with Crippen molar-refractivity contribution in [3.05, 3.63) is 84.4 Å². The molecule has 2 aromatic carbocycles. The number of ether oxygens (including phenoxy) is 1. The van der Waals surface area contributed by atoms with Crippen molar-refractivity contribution in [3.8, 4) is 5.75 Å². The topological polar surface area (TPSA) is 189 Å². The quantitative estimate of drug-likeness (QED) is 0.172. The third-order valence-corrected chi connectivity index (χ3v) is 6.64. The van der Waals surface area contributed by atoms with Gasteiger partial charge in [0.25, 0.3) is 5.56 Å². The normalized spacial score (nSPS) is 24.6. The highest BCUT2D eigenvalue weighted by Gasteiger charge is 2.57. The summed E-state index contributed by atoms with van der Waals surface area (Å²) in [4.78, 5) is 29.0. The zero-order chi connectivity index (χ0) is 24.5. The van der Waals surface area contributed by atoms with E-state index in [0.29, 0.717) is 9.04 Å². The number of hydrogen-bond acceptors (Lipinski definition) is 9. The number of benzene rings is 2. The second-order valence-corrected chi connectivity index (χ2v) is 8.84. The highest BCUT2D eigenvalue weighted by molar-refractivity contribution is 9.10. The van der Waals surface area contributed by atoms with Crippen molar-refractivity contribution in [2.45, 2.75) is 24.2 Å². The van der Waals surface area contributed by atoms with Crippen LogP contribution in [0.15, 0.2) is 67.8 Å². The summed E-state index contributed by atoms with van der Waals surface area (Å²) in [6.45, 7) is -0.828. The minimum atomic E-state index is -2.87. The Labute approximate surface area is 199 Å². The maximum Gasteiger partial charge on any atom is 0.750 e. The minimum absolute atomic E-state index is 0.200. The van der Waals surface area contributed by atoms with Gasteiger partial charge in [-0.15, -0.1) is 4.52 Å². The summed E-state index contributed by atoms with van der Waals surface area (Å²) in [7, 11) is -2.87. The lowest BCUT2D eigenvalue weighted by Gasteiger charge is -2.23. The van der Waals surface area contributed by atoms with Crippen LogP contribution in [0.4, 0.5) is 0 Å². The SMILES string of the molecule is [N-]=[N+]=N[C@]1(CO[P+](=O)Oc2ccc3ccccc3c2Br)O[C@@H](n2c(=O)cc[nH]c2=O)[C@H](O)[C@@H]1O. The van der Waals surface area contributed by atoms with Crippen LogP contribution >= 0.6 is 24.2 Å². The van der Waals surface area contributed by atoms with Crippen molar-refractivity contribution in [2.75, 3.05) is 6.61 Å². The summed E-state index contributed by atoms with van der Waals surface area (Å²) in [5, 5.41) is 26.0. The molecule has 1 fully saturated rings.